The minimum absolute atomic E-state index is 0.211. The van der Waals surface area contributed by atoms with Crippen LogP contribution >= 0.6 is 23.1 Å². The third-order valence-electron chi connectivity index (χ3n) is 2.08. The molecule has 0 atom stereocenters. The van der Waals surface area contributed by atoms with Gasteiger partial charge in [-0.1, -0.05) is 0 Å². The molecular formula is C10H16O2S2Sn. The third kappa shape index (κ3) is 3.14. The van der Waals surface area contributed by atoms with Gasteiger partial charge in [0.15, 0.2) is 0 Å². The van der Waals surface area contributed by atoms with Gasteiger partial charge in [0.25, 0.3) is 0 Å². The van der Waals surface area contributed by atoms with Crippen molar-refractivity contribution >= 4 is 51.0 Å². The molecule has 0 aliphatic heterocycles. The number of rotatable bonds is 3. The predicted molar refractivity (Wildman–Crippen MR) is 70.4 cm³/mol. The molecule has 1 heterocycles. The molecule has 0 aliphatic carbocycles. The summed E-state index contributed by atoms with van der Waals surface area (Å²) in [6.45, 7) is 0. The van der Waals surface area contributed by atoms with Gasteiger partial charge in [-0.2, -0.15) is 0 Å². The van der Waals surface area contributed by atoms with Gasteiger partial charge in [-0.3, -0.25) is 0 Å². The summed E-state index contributed by atoms with van der Waals surface area (Å²) in [5, 5.41) is 0. The molecule has 0 amide bonds. The Balaban J connectivity index is 3.17. The normalized spacial score (nSPS) is 11.5. The molecule has 0 saturated heterocycles. The van der Waals surface area contributed by atoms with E-state index in [-0.39, 0.29) is 5.97 Å². The first-order chi connectivity index (χ1) is 6.90. The fourth-order valence-electron chi connectivity index (χ4n) is 1.25. The molecule has 15 heavy (non-hydrogen) atoms. The van der Waals surface area contributed by atoms with Gasteiger partial charge in [0.05, 0.1) is 0 Å². The van der Waals surface area contributed by atoms with E-state index in [4.69, 9.17) is 4.74 Å². The van der Waals surface area contributed by atoms with Gasteiger partial charge in [0.2, 0.25) is 0 Å². The van der Waals surface area contributed by atoms with Crippen LogP contribution in [0.1, 0.15) is 9.67 Å². The van der Waals surface area contributed by atoms with Crippen LogP contribution in [0.25, 0.3) is 0 Å². The van der Waals surface area contributed by atoms with E-state index in [0.717, 1.165) is 4.88 Å². The predicted octanol–water partition coefficient (Wildman–Crippen LogP) is 2.80. The quantitative estimate of drug-likeness (QED) is 0.476. The molecule has 5 heteroatoms. The van der Waals surface area contributed by atoms with Gasteiger partial charge < -0.3 is 0 Å². The Morgan fingerprint density at radius 1 is 1.47 bits per heavy atom. The SMILES string of the molecule is COC(=O)c1c[c]([Sn]([CH3])([CH3])[CH3])c(SC)s1. The van der Waals surface area contributed by atoms with Crippen LogP contribution in [0.2, 0.25) is 14.8 Å². The number of hydrogen-bond donors (Lipinski definition) is 0. The summed E-state index contributed by atoms with van der Waals surface area (Å²) in [4.78, 5) is 19.2. The molecule has 1 aromatic heterocycles. The zero-order valence-electron chi connectivity index (χ0n) is 9.71. The Labute approximate surface area is 103 Å². The molecule has 0 aliphatic rings. The van der Waals surface area contributed by atoms with Crippen molar-refractivity contribution in [3.8, 4) is 0 Å². The van der Waals surface area contributed by atoms with E-state index < -0.39 is 18.4 Å². The Bertz CT molecular complexity index is 366. The minimum atomic E-state index is -2.08. The van der Waals surface area contributed by atoms with E-state index in [2.05, 4.69) is 21.1 Å². The maximum absolute atomic E-state index is 11.4. The molecule has 0 radical (unpaired) electrons. The van der Waals surface area contributed by atoms with Crippen LogP contribution in [0.4, 0.5) is 0 Å². The fraction of sp³-hybridized carbons (Fsp3) is 0.500. The van der Waals surface area contributed by atoms with E-state index in [1.165, 1.54) is 14.9 Å². The average molecular weight is 351 g/mol. The van der Waals surface area contributed by atoms with Crippen molar-refractivity contribution in [3.05, 3.63) is 10.9 Å². The summed E-state index contributed by atoms with van der Waals surface area (Å²) in [5.74, 6) is -0.211. The second-order valence-corrected chi connectivity index (χ2v) is 20.8. The van der Waals surface area contributed by atoms with Crippen LogP contribution in [-0.2, 0) is 4.74 Å². The van der Waals surface area contributed by atoms with Crippen LogP contribution in [0.15, 0.2) is 10.3 Å². The number of ether oxygens (including phenoxy) is 1. The fourth-order valence-corrected chi connectivity index (χ4v) is 12.0. The standard InChI is InChI=1S/C7H7O2S2.3CH3.Sn/c1-9-7(8)5-3-4-6(10-2)11-5;;;;/h3H,1-2H3;3*1H3;. The molecule has 0 bridgehead atoms. The molecule has 1 aromatic rings. The van der Waals surface area contributed by atoms with Crippen molar-refractivity contribution in [2.75, 3.05) is 13.4 Å². The zero-order valence-corrected chi connectivity index (χ0v) is 14.2. The number of carbonyl (C=O) groups excluding carboxylic acids is 1. The summed E-state index contributed by atoms with van der Waals surface area (Å²) in [7, 11) is 1.43. The number of thiophene rings is 1. The number of carbonyl (C=O) groups is 1. The van der Waals surface area contributed by atoms with Crippen LogP contribution in [0.5, 0.6) is 0 Å². The molecule has 0 aromatic carbocycles. The topological polar surface area (TPSA) is 26.3 Å². The van der Waals surface area contributed by atoms with E-state index in [1.807, 2.05) is 6.07 Å². The first-order valence-electron chi connectivity index (χ1n) is 4.66. The van der Waals surface area contributed by atoms with Crippen molar-refractivity contribution in [1.82, 2.24) is 0 Å². The van der Waals surface area contributed by atoms with Crippen molar-refractivity contribution in [3.63, 3.8) is 0 Å². The van der Waals surface area contributed by atoms with Gasteiger partial charge in [0, 0.05) is 0 Å². The first-order valence-corrected chi connectivity index (χ1v) is 16.7. The third-order valence-corrected chi connectivity index (χ3v) is 11.1. The molecule has 0 fully saturated rings. The molecule has 0 spiro atoms. The van der Waals surface area contributed by atoms with Crippen LogP contribution in [-0.4, -0.2) is 37.7 Å². The van der Waals surface area contributed by atoms with Gasteiger partial charge >= 0.3 is 104 Å². The summed E-state index contributed by atoms with van der Waals surface area (Å²) in [6, 6.07) is 2.04. The monoisotopic (exact) mass is 352 g/mol. The van der Waals surface area contributed by atoms with Crippen LogP contribution in [0, 0.1) is 0 Å². The average Bonchev–Trinajstić information content (AvgIpc) is 2.59. The Morgan fingerprint density at radius 2 is 2.07 bits per heavy atom. The summed E-state index contributed by atoms with van der Waals surface area (Å²) in [6.07, 6.45) is 2.06. The molecule has 0 unspecified atom stereocenters. The summed E-state index contributed by atoms with van der Waals surface area (Å²) in [5.41, 5.74) is 0. The van der Waals surface area contributed by atoms with Gasteiger partial charge in [-0.15, -0.1) is 0 Å². The summed E-state index contributed by atoms with van der Waals surface area (Å²) < 4.78 is 7.47. The number of esters is 1. The van der Waals surface area contributed by atoms with E-state index >= 15 is 0 Å². The van der Waals surface area contributed by atoms with Gasteiger partial charge in [-0.05, 0) is 0 Å². The van der Waals surface area contributed by atoms with Gasteiger partial charge in [-0.25, -0.2) is 0 Å². The van der Waals surface area contributed by atoms with E-state index in [0.29, 0.717) is 0 Å². The van der Waals surface area contributed by atoms with Gasteiger partial charge in [0.1, 0.15) is 0 Å². The first kappa shape index (κ1) is 13.4. The molecule has 1 rings (SSSR count). The Hall–Kier alpha value is 0.319. The Kier molecular flexibility index (Phi) is 4.55. The Morgan fingerprint density at radius 3 is 2.40 bits per heavy atom. The number of methoxy groups -OCH3 is 1. The van der Waals surface area contributed by atoms with Crippen molar-refractivity contribution in [2.24, 2.45) is 0 Å². The van der Waals surface area contributed by atoms with Crippen molar-refractivity contribution in [1.29, 1.82) is 0 Å². The summed E-state index contributed by atoms with van der Waals surface area (Å²) >= 11 is 1.21. The second kappa shape index (κ2) is 5.10. The van der Waals surface area contributed by atoms with Crippen molar-refractivity contribution in [2.45, 2.75) is 19.0 Å². The maximum atomic E-state index is 11.4. The zero-order chi connectivity index (χ0) is 11.6. The van der Waals surface area contributed by atoms with Crippen molar-refractivity contribution < 1.29 is 9.53 Å². The molecule has 0 N–H and O–H groups in total. The second-order valence-electron chi connectivity index (χ2n) is 4.26. The molecule has 2 nitrogen and oxygen atoms in total. The number of thioether (sulfide) groups is 1. The molecular weight excluding hydrogens is 335 g/mol. The molecule has 84 valence electrons. The van der Waals surface area contributed by atoms with Crippen LogP contribution < -0.4 is 3.58 Å². The van der Waals surface area contributed by atoms with Crippen LogP contribution in [0.3, 0.4) is 0 Å². The molecule has 0 saturated carbocycles. The van der Waals surface area contributed by atoms with E-state index in [9.17, 15) is 4.79 Å². The van der Waals surface area contributed by atoms with E-state index in [1.54, 1.807) is 23.1 Å². The number of hydrogen-bond acceptors (Lipinski definition) is 4.